The summed E-state index contributed by atoms with van der Waals surface area (Å²) in [5, 5.41) is 32.0. The molecule has 0 atom stereocenters. The smallest absolute Gasteiger partial charge is 0.272 e. The zero-order valence-electron chi connectivity index (χ0n) is 10.5. The van der Waals surface area contributed by atoms with Gasteiger partial charge in [-0.1, -0.05) is 12.1 Å². The molecule has 0 radical (unpaired) electrons. The Morgan fingerprint density at radius 2 is 2.00 bits per heavy atom. The Morgan fingerprint density at radius 3 is 2.50 bits per heavy atom. The molecule has 6 heteroatoms. The Labute approximate surface area is 105 Å². The SMILES string of the molecule is Cc1ccc(CNC(C)(CO)CO)cc1[N+](=O)[O-]. The van der Waals surface area contributed by atoms with E-state index in [-0.39, 0.29) is 18.9 Å². The van der Waals surface area contributed by atoms with Crippen LogP contribution in [0, 0.1) is 17.0 Å². The fraction of sp³-hybridized carbons (Fsp3) is 0.500. The zero-order chi connectivity index (χ0) is 13.8. The van der Waals surface area contributed by atoms with Crippen LogP contribution in [-0.4, -0.2) is 33.9 Å². The fourth-order valence-electron chi connectivity index (χ4n) is 1.44. The quantitative estimate of drug-likeness (QED) is 0.514. The number of rotatable bonds is 6. The summed E-state index contributed by atoms with van der Waals surface area (Å²) in [5.74, 6) is 0. The van der Waals surface area contributed by atoms with Crippen LogP contribution in [0.3, 0.4) is 0 Å². The van der Waals surface area contributed by atoms with Crippen LogP contribution in [0.25, 0.3) is 0 Å². The highest BCUT2D eigenvalue weighted by atomic mass is 16.6. The molecule has 0 spiro atoms. The summed E-state index contributed by atoms with van der Waals surface area (Å²) in [5.41, 5.74) is 0.625. The summed E-state index contributed by atoms with van der Waals surface area (Å²) >= 11 is 0. The largest absolute Gasteiger partial charge is 0.394 e. The molecule has 0 aliphatic heterocycles. The van der Waals surface area contributed by atoms with Gasteiger partial charge in [0.05, 0.1) is 23.7 Å². The topological polar surface area (TPSA) is 95.6 Å². The van der Waals surface area contributed by atoms with E-state index < -0.39 is 10.5 Å². The maximum absolute atomic E-state index is 10.8. The van der Waals surface area contributed by atoms with Crippen LogP contribution in [0.2, 0.25) is 0 Å². The first-order chi connectivity index (χ1) is 8.41. The number of aliphatic hydroxyl groups excluding tert-OH is 2. The minimum Gasteiger partial charge on any atom is -0.394 e. The fourth-order valence-corrected chi connectivity index (χ4v) is 1.44. The van der Waals surface area contributed by atoms with Gasteiger partial charge in [-0.15, -0.1) is 0 Å². The minimum absolute atomic E-state index is 0.0731. The maximum atomic E-state index is 10.8. The van der Waals surface area contributed by atoms with E-state index in [1.807, 2.05) is 0 Å². The summed E-state index contributed by atoms with van der Waals surface area (Å²) in [6.45, 7) is 3.28. The van der Waals surface area contributed by atoms with Gasteiger partial charge >= 0.3 is 0 Å². The van der Waals surface area contributed by atoms with E-state index in [2.05, 4.69) is 5.32 Å². The zero-order valence-corrected chi connectivity index (χ0v) is 10.5. The normalized spacial score (nSPS) is 11.6. The number of hydrogen-bond acceptors (Lipinski definition) is 5. The molecule has 18 heavy (non-hydrogen) atoms. The number of hydrogen-bond donors (Lipinski definition) is 3. The third-order valence-corrected chi connectivity index (χ3v) is 2.89. The summed E-state index contributed by atoms with van der Waals surface area (Å²) in [7, 11) is 0. The van der Waals surface area contributed by atoms with Gasteiger partial charge in [-0.3, -0.25) is 10.1 Å². The van der Waals surface area contributed by atoms with Crippen LogP contribution in [0.15, 0.2) is 18.2 Å². The number of nitrogens with one attached hydrogen (secondary N) is 1. The third-order valence-electron chi connectivity index (χ3n) is 2.89. The molecular formula is C12H18N2O4. The van der Waals surface area contributed by atoms with E-state index in [4.69, 9.17) is 10.2 Å². The highest BCUT2D eigenvalue weighted by Crippen LogP contribution is 2.19. The summed E-state index contributed by atoms with van der Waals surface area (Å²) in [4.78, 5) is 10.4. The van der Waals surface area contributed by atoms with Crippen molar-refractivity contribution in [1.82, 2.24) is 5.32 Å². The molecule has 0 fully saturated rings. The molecule has 1 rings (SSSR count). The first kappa shape index (κ1) is 14.6. The van der Waals surface area contributed by atoms with Gasteiger partial charge in [0.1, 0.15) is 0 Å². The second kappa shape index (κ2) is 5.90. The van der Waals surface area contributed by atoms with Crippen molar-refractivity contribution < 1.29 is 15.1 Å². The van der Waals surface area contributed by atoms with E-state index in [9.17, 15) is 10.1 Å². The van der Waals surface area contributed by atoms with Crippen LogP contribution in [0.4, 0.5) is 5.69 Å². The van der Waals surface area contributed by atoms with Gasteiger partial charge in [0.25, 0.3) is 5.69 Å². The van der Waals surface area contributed by atoms with Crippen molar-refractivity contribution in [2.45, 2.75) is 25.9 Å². The predicted molar refractivity (Wildman–Crippen MR) is 67.2 cm³/mol. The van der Waals surface area contributed by atoms with E-state index >= 15 is 0 Å². The molecule has 0 unspecified atom stereocenters. The molecule has 100 valence electrons. The van der Waals surface area contributed by atoms with E-state index in [0.29, 0.717) is 12.1 Å². The first-order valence-corrected chi connectivity index (χ1v) is 5.62. The standard InChI is InChI=1S/C12H18N2O4/c1-9-3-4-10(5-11(9)14(17)18)6-13-12(2,7-15)8-16/h3-5,13,15-16H,6-8H2,1-2H3. The molecule has 0 heterocycles. The molecular weight excluding hydrogens is 236 g/mol. The first-order valence-electron chi connectivity index (χ1n) is 5.62. The second-order valence-electron chi connectivity index (χ2n) is 4.61. The lowest BCUT2D eigenvalue weighted by Crippen LogP contribution is -2.48. The maximum Gasteiger partial charge on any atom is 0.272 e. The van der Waals surface area contributed by atoms with Gasteiger partial charge in [0.2, 0.25) is 0 Å². The van der Waals surface area contributed by atoms with E-state index in [1.54, 1.807) is 26.0 Å². The molecule has 0 saturated heterocycles. The van der Waals surface area contributed by atoms with Crippen molar-refractivity contribution in [1.29, 1.82) is 0 Å². The van der Waals surface area contributed by atoms with Gasteiger partial charge in [0, 0.05) is 18.2 Å². The molecule has 6 nitrogen and oxygen atoms in total. The molecule has 0 aromatic heterocycles. The lowest BCUT2D eigenvalue weighted by atomic mass is 10.0. The number of nitrogens with zero attached hydrogens (tertiary/aromatic N) is 1. The molecule has 0 aliphatic rings. The Morgan fingerprint density at radius 1 is 1.39 bits per heavy atom. The molecule has 1 aromatic carbocycles. The molecule has 0 saturated carbocycles. The highest BCUT2D eigenvalue weighted by molar-refractivity contribution is 5.42. The van der Waals surface area contributed by atoms with Crippen molar-refractivity contribution >= 4 is 5.69 Å². The lowest BCUT2D eigenvalue weighted by Gasteiger charge is -2.26. The third kappa shape index (κ3) is 3.49. The minimum atomic E-state index is -0.792. The van der Waals surface area contributed by atoms with E-state index in [1.165, 1.54) is 6.07 Å². The predicted octanol–water partition coefficient (Wildman–Crippen LogP) is 0.736. The number of aryl methyl sites for hydroxylation is 1. The average Bonchev–Trinajstić information content (AvgIpc) is 2.37. The summed E-state index contributed by atoms with van der Waals surface area (Å²) in [6.07, 6.45) is 0. The molecule has 3 N–H and O–H groups in total. The van der Waals surface area contributed by atoms with Gasteiger partial charge in [-0.05, 0) is 19.4 Å². The molecule has 1 aromatic rings. The van der Waals surface area contributed by atoms with Crippen LogP contribution in [0.5, 0.6) is 0 Å². The number of nitro groups is 1. The second-order valence-corrected chi connectivity index (χ2v) is 4.61. The number of nitro benzene ring substituents is 1. The summed E-state index contributed by atoms with van der Waals surface area (Å²) < 4.78 is 0. The van der Waals surface area contributed by atoms with Crippen LogP contribution < -0.4 is 5.32 Å². The molecule has 0 aliphatic carbocycles. The monoisotopic (exact) mass is 254 g/mol. The Kier molecular flexibility index (Phi) is 4.77. The highest BCUT2D eigenvalue weighted by Gasteiger charge is 2.21. The average molecular weight is 254 g/mol. The van der Waals surface area contributed by atoms with Crippen LogP contribution >= 0.6 is 0 Å². The van der Waals surface area contributed by atoms with Crippen molar-refractivity contribution in [3.63, 3.8) is 0 Å². The lowest BCUT2D eigenvalue weighted by molar-refractivity contribution is -0.385. The van der Waals surface area contributed by atoms with Gasteiger partial charge in [-0.2, -0.15) is 0 Å². The Hall–Kier alpha value is -1.50. The molecule has 0 bridgehead atoms. The Bertz CT molecular complexity index is 430. The van der Waals surface area contributed by atoms with Gasteiger partial charge < -0.3 is 15.5 Å². The number of benzene rings is 1. The molecule has 0 amide bonds. The van der Waals surface area contributed by atoms with Crippen LogP contribution in [-0.2, 0) is 6.54 Å². The van der Waals surface area contributed by atoms with Gasteiger partial charge in [-0.25, -0.2) is 0 Å². The van der Waals surface area contributed by atoms with Crippen LogP contribution in [0.1, 0.15) is 18.1 Å². The van der Waals surface area contributed by atoms with E-state index in [0.717, 1.165) is 5.56 Å². The summed E-state index contributed by atoms with van der Waals surface area (Å²) in [6, 6.07) is 4.96. The van der Waals surface area contributed by atoms with Crippen molar-refractivity contribution in [2.24, 2.45) is 0 Å². The Balaban J connectivity index is 2.80. The van der Waals surface area contributed by atoms with Crippen molar-refractivity contribution in [3.05, 3.63) is 39.4 Å². The van der Waals surface area contributed by atoms with Gasteiger partial charge in [0.15, 0.2) is 0 Å². The van der Waals surface area contributed by atoms with Crippen molar-refractivity contribution in [2.75, 3.05) is 13.2 Å². The van der Waals surface area contributed by atoms with Crippen molar-refractivity contribution in [3.8, 4) is 0 Å². The number of aliphatic hydroxyl groups is 2.